The summed E-state index contributed by atoms with van der Waals surface area (Å²) >= 11 is 0. The molecule has 7 heteroatoms. The largest absolute Gasteiger partial charge is 0.497 e. The van der Waals surface area contributed by atoms with Crippen LogP contribution in [0.25, 0.3) is 0 Å². The monoisotopic (exact) mass is 368 g/mol. The van der Waals surface area contributed by atoms with Gasteiger partial charge >= 0.3 is 0 Å². The zero-order chi connectivity index (χ0) is 18.3. The molecule has 6 nitrogen and oxygen atoms in total. The first kappa shape index (κ1) is 19.7. The number of rotatable bonds is 7. The zero-order valence-corrected chi connectivity index (χ0v) is 15.9. The Hall–Kier alpha value is -1.60. The minimum Gasteiger partial charge on any atom is -0.497 e. The molecule has 1 saturated heterocycles. The third-order valence-electron chi connectivity index (χ3n) is 4.52. The first-order valence-electron chi connectivity index (χ1n) is 8.76. The van der Waals surface area contributed by atoms with E-state index in [0.717, 1.165) is 50.1 Å². The van der Waals surface area contributed by atoms with Crippen LogP contribution in [-0.4, -0.2) is 56.5 Å². The number of carbonyl (C=O) groups is 1. The van der Waals surface area contributed by atoms with Crippen LogP contribution >= 0.6 is 0 Å². The Bertz CT molecular complexity index is 650. The summed E-state index contributed by atoms with van der Waals surface area (Å²) in [7, 11) is -1.79. The minimum absolute atomic E-state index is 0.0466. The van der Waals surface area contributed by atoms with Crippen molar-refractivity contribution in [1.82, 2.24) is 9.21 Å². The maximum atomic E-state index is 12.4. The van der Waals surface area contributed by atoms with Gasteiger partial charge in [-0.2, -0.15) is 4.31 Å². The topological polar surface area (TPSA) is 66.9 Å². The standard InChI is InChI=1S/C18H28N2O4S/c1-24-17-9-7-16(8-10-17)15-20(25(2,22)23)14-11-18(21)19-12-5-3-4-6-13-19/h7-10H,3-6,11-15H2,1-2H3. The third-order valence-corrected chi connectivity index (χ3v) is 5.77. The van der Waals surface area contributed by atoms with Gasteiger partial charge in [0.25, 0.3) is 0 Å². The summed E-state index contributed by atoms with van der Waals surface area (Å²) in [6.45, 7) is 2.04. The number of carbonyl (C=O) groups excluding carboxylic acids is 1. The molecule has 1 fully saturated rings. The third kappa shape index (κ3) is 6.32. The summed E-state index contributed by atoms with van der Waals surface area (Å²) in [5.41, 5.74) is 0.869. The Morgan fingerprint density at radius 3 is 2.24 bits per heavy atom. The van der Waals surface area contributed by atoms with E-state index in [1.54, 1.807) is 19.2 Å². The van der Waals surface area contributed by atoms with Gasteiger partial charge in [0.15, 0.2) is 0 Å². The van der Waals surface area contributed by atoms with E-state index in [2.05, 4.69) is 0 Å². The first-order chi connectivity index (χ1) is 11.9. The van der Waals surface area contributed by atoms with Gasteiger partial charge in [-0.25, -0.2) is 8.42 Å². The van der Waals surface area contributed by atoms with Crippen LogP contribution in [0.2, 0.25) is 0 Å². The van der Waals surface area contributed by atoms with Crippen molar-refractivity contribution < 1.29 is 17.9 Å². The summed E-state index contributed by atoms with van der Waals surface area (Å²) in [5.74, 6) is 0.774. The van der Waals surface area contributed by atoms with Crippen molar-refractivity contribution in [3.05, 3.63) is 29.8 Å². The Morgan fingerprint density at radius 1 is 1.12 bits per heavy atom. The van der Waals surface area contributed by atoms with Gasteiger partial charge in [-0.3, -0.25) is 4.79 Å². The van der Waals surface area contributed by atoms with Crippen molar-refractivity contribution in [1.29, 1.82) is 0 Å². The molecule has 0 bridgehead atoms. The molecular weight excluding hydrogens is 340 g/mol. The number of hydrogen-bond donors (Lipinski definition) is 0. The lowest BCUT2D eigenvalue weighted by atomic mass is 10.2. The normalized spacial score (nSPS) is 15.9. The second-order valence-electron chi connectivity index (χ2n) is 6.49. The van der Waals surface area contributed by atoms with E-state index < -0.39 is 10.0 Å². The van der Waals surface area contributed by atoms with E-state index in [1.165, 1.54) is 10.6 Å². The molecular formula is C18H28N2O4S. The summed E-state index contributed by atoms with van der Waals surface area (Å²) in [6.07, 6.45) is 5.81. The van der Waals surface area contributed by atoms with Gasteiger partial charge in [-0.1, -0.05) is 25.0 Å². The Labute approximate surface area is 150 Å². The van der Waals surface area contributed by atoms with Crippen molar-refractivity contribution in [2.24, 2.45) is 0 Å². The fourth-order valence-electron chi connectivity index (χ4n) is 3.00. The number of hydrogen-bond acceptors (Lipinski definition) is 4. The second-order valence-corrected chi connectivity index (χ2v) is 8.47. The van der Waals surface area contributed by atoms with Crippen LogP contribution in [0.1, 0.15) is 37.7 Å². The molecule has 1 amide bonds. The van der Waals surface area contributed by atoms with Crippen LogP contribution < -0.4 is 4.74 Å². The van der Waals surface area contributed by atoms with E-state index in [4.69, 9.17) is 4.74 Å². The number of sulfonamides is 1. The number of nitrogens with zero attached hydrogens (tertiary/aromatic N) is 2. The highest BCUT2D eigenvalue weighted by molar-refractivity contribution is 7.88. The van der Waals surface area contributed by atoms with Crippen LogP contribution in [-0.2, 0) is 21.4 Å². The molecule has 0 unspecified atom stereocenters. The molecule has 0 radical (unpaired) electrons. The molecule has 0 spiro atoms. The average molecular weight is 368 g/mol. The van der Waals surface area contributed by atoms with Gasteiger partial charge in [0, 0.05) is 32.6 Å². The van der Waals surface area contributed by atoms with E-state index in [0.29, 0.717) is 0 Å². The SMILES string of the molecule is COc1ccc(CN(CCC(=O)N2CCCCCC2)S(C)(=O)=O)cc1. The number of likely N-dealkylation sites (tertiary alicyclic amines) is 1. The van der Waals surface area contributed by atoms with E-state index in [-0.39, 0.29) is 25.4 Å². The molecule has 0 atom stereocenters. The van der Waals surface area contributed by atoms with E-state index in [9.17, 15) is 13.2 Å². The fourth-order valence-corrected chi connectivity index (χ4v) is 3.80. The highest BCUT2D eigenvalue weighted by Crippen LogP contribution is 2.16. The predicted octanol–water partition coefficient (Wildman–Crippen LogP) is 2.25. The Morgan fingerprint density at radius 2 is 1.72 bits per heavy atom. The average Bonchev–Trinajstić information content (AvgIpc) is 2.87. The molecule has 25 heavy (non-hydrogen) atoms. The molecule has 0 saturated carbocycles. The maximum Gasteiger partial charge on any atom is 0.223 e. The molecule has 0 aromatic heterocycles. The molecule has 1 heterocycles. The van der Waals surface area contributed by atoms with Crippen LogP contribution in [0.3, 0.4) is 0 Å². The lowest BCUT2D eigenvalue weighted by molar-refractivity contribution is -0.131. The molecule has 1 aliphatic rings. The molecule has 140 valence electrons. The summed E-state index contributed by atoms with van der Waals surface area (Å²) in [4.78, 5) is 14.3. The molecule has 1 aliphatic heterocycles. The highest BCUT2D eigenvalue weighted by atomic mass is 32.2. The van der Waals surface area contributed by atoms with Gasteiger partial charge in [0.05, 0.1) is 13.4 Å². The molecule has 0 aliphatic carbocycles. The number of methoxy groups -OCH3 is 1. The lowest BCUT2D eigenvalue weighted by Gasteiger charge is -2.24. The summed E-state index contributed by atoms with van der Waals surface area (Å²) < 4.78 is 30.6. The summed E-state index contributed by atoms with van der Waals surface area (Å²) in [6, 6.07) is 7.29. The van der Waals surface area contributed by atoms with Crippen LogP contribution in [0.4, 0.5) is 0 Å². The van der Waals surface area contributed by atoms with Gasteiger partial charge in [-0.15, -0.1) is 0 Å². The van der Waals surface area contributed by atoms with E-state index in [1.807, 2.05) is 17.0 Å². The van der Waals surface area contributed by atoms with Gasteiger partial charge in [0.2, 0.25) is 15.9 Å². The van der Waals surface area contributed by atoms with Gasteiger partial charge in [-0.05, 0) is 30.5 Å². The smallest absolute Gasteiger partial charge is 0.223 e. The minimum atomic E-state index is -3.38. The van der Waals surface area contributed by atoms with Crippen molar-refractivity contribution in [2.45, 2.75) is 38.6 Å². The number of amides is 1. The van der Waals surface area contributed by atoms with Gasteiger partial charge in [0.1, 0.15) is 5.75 Å². The molecule has 1 aromatic carbocycles. The Kier molecular flexibility index (Phi) is 7.25. The molecule has 0 N–H and O–H groups in total. The van der Waals surface area contributed by atoms with Crippen LogP contribution in [0.15, 0.2) is 24.3 Å². The van der Waals surface area contributed by atoms with Crippen molar-refractivity contribution in [3.63, 3.8) is 0 Å². The van der Waals surface area contributed by atoms with Crippen LogP contribution in [0.5, 0.6) is 5.75 Å². The van der Waals surface area contributed by atoms with Crippen molar-refractivity contribution >= 4 is 15.9 Å². The fraction of sp³-hybridized carbons (Fsp3) is 0.611. The molecule has 2 rings (SSSR count). The number of benzene rings is 1. The van der Waals surface area contributed by atoms with Crippen molar-refractivity contribution in [2.75, 3.05) is 33.0 Å². The predicted molar refractivity (Wildman–Crippen MR) is 97.9 cm³/mol. The number of ether oxygens (including phenoxy) is 1. The quantitative estimate of drug-likeness (QED) is 0.740. The van der Waals surface area contributed by atoms with Gasteiger partial charge < -0.3 is 9.64 Å². The first-order valence-corrected chi connectivity index (χ1v) is 10.6. The van der Waals surface area contributed by atoms with Crippen molar-refractivity contribution in [3.8, 4) is 5.75 Å². The maximum absolute atomic E-state index is 12.4. The highest BCUT2D eigenvalue weighted by Gasteiger charge is 2.21. The Balaban J connectivity index is 1.96. The van der Waals surface area contributed by atoms with E-state index >= 15 is 0 Å². The lowest BCUT2D eigenvalue weighted by Crippen LogP contribution is -2.37. The second kappa shape index (κ2) is 9.20. The zero-order valence-electron chi connectivity index (χ0n) is 15.1. The van der Waals surface area contributed by atoms with Crippen LogP contribution in [0, 0.1) is 0 Å². The summed E-state index contributed by atoms with van der Waals surface area (Å²) in [5, 5.41) is 0. The molecule has 1 aromatic rings.